The van der Waals surface area contributed by atoms with Crippen molar-refractivity contribution in [3.05, 3.63) is 40.5 Å². The van der Waals surface area contributed by atoms with Crippen molar-refractivity contribution in [1.82, 2.24) is 10.3 Å². The second kappa shape index (κ2) is 4.39. The van der Waals surface area contributed by atoms with Gasteiger partial charge in [0.2, 0.25) is 0 Å². The number of hydrogen-bond acceptors (Lipinski definition) is 2. The van der Waals surface area contributed by atoms with Gasteiger partial charge in [-0.15, -0.1) is 0 Å². The van der Waals surface area contributed by atoms with Crippen molar-refractivity contribution in [2.45, 2.75) is 19.4 Å². The molecule has 3 heteroatoms. The molecule has 2 heterocycles. The number of nitrogens with zero attached hydrogens (tertiary/aromatic N) is 1. The van der Waals surface area contributed by atoms with E-state index in [0.29, 0.717) is 6.04 Å². The summed E-state index contributed by atoms with van der Waals surface area (Å²) in [5.74, 6) is 0.752. The molecule has 1 aliphatic rings. The molecule has 0 aliphatic carbocycles. The lowest BCUT2D eigenvalue weighted by Crippen LogP contribution is -2.14. The smallest absolute Gasteiger partial charge is 0.0761 e. The Hall–Kier alpha value is -0.930. The predicted octanol–water partition coefficient (Wildman–Crippen LogP) is 3.67. The van der Waals surface area contributed by atoms with Gasteiger partial charge in [0.25, 0.3) is 0 Å². The Morgan fingerprint density at radius 3 is 3.00 bits per heavy atom. The SMILES string of the molecule is CC1CNC(c2ccc(Br)c3cccnc23)C1. The van der Waals surface area contributed by atoms with E-state index in [1.807, 2.05) is 12.3 Å². The molecule has 2 aromatic rings. The summed E-state index contributed by atoms with van der Waals surface area (Å²) in [4.78, 5) is 4.54. The fraction of sp³-hybridized carbons (Fsp3) is 0.357. The van der Waals surface area contributed by atoms with E-state index in [1.165, 1.54) is 17.4 Å². The van der Waals surface area contributed by atoms with Crippen LogP contribution in [0, 0.1) is 5.92 Å². The Bertz CT molecular complexity index is 553. The van der Waals surface area contributed by atoms with Crippen LogP contribution in [0.1, 0.15) is 24.9 Å². The van der Waals surface area contributed by atoms with E-state index in [4.69, 9.17) is 0 Å². The second-order valence-electron chi connectivity index (χ2n) is 4.84. The first kappa shape index (κ1) is 11.2. The predicted molar refractivity (Wildman–Crippen MR) is 74.0 cm³/mol. The molecule has 2 atom stereocenters. The average molecular weight is 291 g/mol. The third-order valence-corrected chi connectivity index (χ3v) is 4.17. The van der Waals surface area contributed by atoms with Gasteiger partial charge in [-0.05, 0) is 36.6 Å². The largest absolute Gasteiger partial charge is 0.310 e. The lowest BCUT2D eigenvalue weighted by Gasteiger charge is -2.13. The molecule has 1 N–H and O–H groups in total. The molecule has 17 heavy (non-hydrogen) atoms. The second-order valence-corrected chi connectivity index (χ2v) is 5.69. The molecule has 1 aromatic heterocycles. The van der Waals surface area contributed by atoms with Gasteiger partial charge in [-0.1, -0.05) is 35.0 Å². The van der Waals surface area contributed by atoms with Crippen LogP contribution in [-0.2, 0) is 0 Å². The number of pyridine rings is 1. The zero-order chi connectivity index (χ0) is 11.8. The van der Waals surface area contributed by atoms with Crippen molar-refractivity contribution in [3.8, 4) is 0 Å². The topological polar surface area (TPSA) is 24.9 Å². The fourth-order valence-electron chi connectivity index (χ4n) is 2.59. The quantitative estimate of drug-likeness (QED) is 0.867. The Balaban J connectivity index is 2.14. The summed E-state index contributed by atoms with van der Waals surface area (Å²) in [6, 6.07) is 8.88. The van der Waals surface area contributed by atoms with Crippen LogP contribution in [-0.4, -0.2) is 11.5 Å². The van der Waals surface area contributed by atoms with Crippen molar-refractivity contribution in [3.63, 3.8) is 0 Å². The Morgan fingerprint density at radius 2 is 2.24 bits per heavy atom. The molecule has 0 spiro atoms. The summed E-state index contributed by atoms with van der Waals surface area (Å²) < 4.78 is 1.12. The molecule has 88 valence electrons. The van der Waals surface area contributed by atoms with Crippen LogP contribution in [0.5, 0.6) is 0 Å². The van der Waals surface area contributed by atoms with Crippen LogP contribution in [0.4, 0.5) is 0 Å². The van der Waals surface area contributed by atoms with Gasteiger partial charge in [-0.3, -0.25) is 4.98 Å². The van der Waals surface area contributed by atoms with Crippen molar-refractivity contribution in [2.24, 2.45) is 5.92 Å². The maximum Gasteiger partial charge on any atom is 0.0761 e. The highest BCUT2D eigenvalue weighted by Crippen LogP contribution is 2.33. The molecule has 1 saturated heterocycles. The minimum absolute atomic E-state index is 0.454. The van der Waals surface area contributed by atoms with Gasteiger partial charge in [0.1, 0.15) is 0 Å². The molecular formula is C14H15BrN2. The highest BCUT2D eigenvalue weighted by molar-refractivity contribution is 9.10. The van der Waals surface area contributed by atoms with Crippen molar-refractivity contribution in [1.29, 1.82) is 0 Å². The minimum Gasteiger partial charge on any atom is -0.310 e. The van der Waals surface area contributed by atoms with Gasteiger partial charge in [0.05, 0.1) is 5.52 Å². The van der Waals surface area contributed by atoms with Crippen LogP contribution in [0.3, 0.4) is 0 Å². The summed E-state index contributed by atoms with van der Waals surface area (Å²) in [6.07, 6.45) is 3.07. The molecule has 3 rings (SSSR count). The monoisotopic (exact) mass is 290 g/mol. The number of rotatable bonds is 1. The first-order chi connectivity index (χ1) is 8.25. The number of benzene rings is 1. The lowest BCUT2D eigenvalue weighted by atomic mass is 9.99. The van der Waals surface area contributed by atoms with Crippen LogP contribution in [0.25, 0.3) is 10.9 Å². The summed E-state index contributed by atoms with van der Waals surface area (Å²) in [6.45, 7) is 3.40. The van der Waals surface area contributed by atoms with Gasteiger partial charge in [-0.25, -0.2) is 0 Å². The van der Waals surface area contributed by atoms with E-state index < -0.39 is 0 Å². The standard InChI is InChI=1S/C14H15BrN2/c1-9-7-13(17-8-9)11-4-5-12(15)10-3-2-6-16-14(10)11/h2-6,9,13,17H,7-8H2,1H3. The van der Waals surface area contributed by atoms with Crippen molar-refractivity contribution < 1.29 is 0 Å². The molecule has 1 aliphatic heterocycles. The van der Waals surface area contributed by atoms with E-state index in [1.54, 1.807) is 0 Å². The van der Waals surface area contributed by atoms with Crippen LogP contribution in [0.15, 0.2) is 34.9 Å². The van der Waals surface area contributed by atoms with E-state index in [-0.39, 0.29) is 0 Å². The number of halogens is 1. The molecule has 2 unspecified atom stereocenters. The summed E-state index contributed by atoms with van der Waals surface area (Å²) in [5, 5.41) is 4.78. The maximum atomic E-state index is 4.54. The zero-order valence-electron chi connectivity index (χ0n) is 9.78. The van der Waals surface area contributed by atoms with Crippen LogP contribution < -0.4 is 5.32 Å². The van der Waals surface area contributed by atoms with Crippen LogP contribution >= 0.6 is 15.9 Å². The molecule has 0 amide bonds. The summed E-state index contributed by atoms with van der Waals surface area (Å²) in [5.41, 5.74) is 2.45. The Labute approximate surface area is 110 Å². The molecular weight excluding hydrogens is 276 g/mol. The Morgan fingerprint density at radius 1 is 1.35 bits per heavy atom. The molecule has 1 aromatic carbocycles. The number of hydrogen-bond donors (Lipinski definition) is 1. The van der Waals surface area contributed by atoms with E-state index in [2.05, 4.69) is 51.4 Å². The van der Waals surface area contributed by atoms with Gasteiger partial charge in [-0.2, -0.15) is 0 Å². The van der Waals surface area contributed by atoms with Gasteiger partial charge >= 0.3 is 0 Å². The van der Waals surface area contributed by atoms with Gasteiger partial charge in [0, 0.05) is 22.1 Å². The molecule has 2 nitrogen and oxygen atoms in total. The summed E-state index contributed by atoms with van der Waals surface area (Å²) >= 11 is 3.59. The first-order valence-corrected chi connectivity index (χ1v) is 6.81. The fourth-order valence-corrected chi connectivity index (χ4v) is 3.04. The molecule has 0 saturated carbocycles. The summed E-state index contributed by atoms with van der Waals surface area (Å²) in [7, 11) is 0. The highest BCUT2D eigenvalue weighted by Gasteiger charge is 2.24. The van der Waals surface area contributed by atoms with E-state index >= 15 is 0 Å². The van der Waals surface area contributed by atoms with Gasteiger partial charge < -0.3 is 5.32 Å². The maximum absolute atomic E-state index is 4.54. The number of fused-ring (bicyclic) bond motifs is 1. The molecule has 0 bridgehead atoms. The average Bonchev–Trinajstić information content (AvgIpc) is 2.77. The van der Waals surface area contributed by atoms with E-state index in [9.17, 15) is 0 Å². The highest BCUT2D eigenvalue weighted by atomic mass is 79.9. The first-order valence-electron chi connectivity index (χ1n) is 6.02. The van der Waals surface area contributed by atoms with Crippen molar-refractivity contribution in [2.75, 3.05) is 6.54 Å². The third-order valence-electron chi connectivity index (χ3n) is 3.47. The van der Waals surface area contributed by atoms with E-state index in [0.717, 1.165) is 22.5 Å². The minimum atomic E-state index is 0.454. The molecule has 1 fully saturated rings. The zero-order valence-corrected chi connectivity index (χ0v) is 11.4. The third kappa shape index (κ3) is 1.98. The lowest BCUT2D eigenvalue weighted by molar-refractivity contribution is 0.614. The number of aromatic nitrogens is 1. The van der Waals surface area contributed by atoms with Gasteiger partial charge in [0.15, 0.2) is 0 Å². The van der Waals surface area contributed by atoms with Crippen LogP contribution in [0.2, 0.25) is 0 Å². The molecule has 0 radical (unpaired) electrons. The normalized spacial score (nSPS) is 24.4. The Kier molecular flexibility index (Phi) is 2.89. The number of nitrogens with one attached hydrogen (secondary N) is 1. The van der Waals surface area contributed by atoms with Crippen molar-refractivity contribution >= 4 is 26.8 Å².